The summed E-state index contributed by atoms with van der Waals surface area (Å²) in [5, 5.41) is 3.16. The van der Waals surface area contributed by atoms with E-state index < -0.39 is 12.0 Å². The molecule has 0 saturated carbocycles. The Morgan fingerprint density at radius 2 is 1.81 bits per heavy atom. The van der Waals surface area contributed by atoms with Crippen molar-refractivity contribution >= 4 is 17.4 Å². The molecule has 0 aliphatic heterocycles. The summed E-state index contributed by atoms with van der Waals surface area (Å²) in [5.41, 5.74) is 2.75. The summed E-state index contributed by atoms with van der Waals surface area (Å²) in [6, 6.07) is 4.82. The van der Waals surface area contributed by atoms with E-state index in [2.05, 4.69) is 10.3 Å². The molecular weight excluding hydrogens is 348 g/mol. The van der Waals surface area contributed by atoms with Gasteiger partial charge in [-0.1, -0.05) is 0 Å². The van der Waals surface area contributed by atoms with Crippen LogP contribution in [0.5, 0.6) is 11.5 Å². The first kappa shape index (κ1) is 20.4. The predicted molar refractivity (Wildman–Crippen MR) is 103 cm³/mol. The maximum atomic E-state index is 12.9. The maximum absolute atomic E-state index is 12.9. The van der Waals surface area contributed by atoms with Crippen molar-refractivity contribution in [3.8, 4) is 11.5 Å². The second-order valence-corrected chi connectivity index (χ2v) is 6.15. The van der Waals surface area contributed by atoms with Gasteiger partial charge in [-0.25, -0.2) is 4.79 Å². The number of anilines is 1. The van der Waals surface area contributed by atoms with Crippen molar-refractivity contribution in [1.82, 2.24) is 4.98 Å². The lowest BCUT2D eigenvalue weighted by molar-refractivity contribution is 0.0525. The average Bonchev–Trinajstić information content (AvgIpc) is 2.95. The summed E-state index contributed by atoms with van der Waals surface area (Å²) >= 11 is 0. The Labute approximate surface area is 159 Å². The third-order valence-electron chi connectivity index (χ3n) is 4.32. The lowest BCUT2D eigenvalue weighted by Gasteiger charge is -2.16. The Balaban J connectivity index is 2.23. The number of carbonyl (C=O) groups is 2. The van der Waals surface area contributed by atoms with Crippen LogP contribution in [-0.2, 0) is 4.74 Å². The fourth-order valence-corrected chi connectivity index (χ4v) is 2.96. The SMILES string of the molecule is CCOC(=O)c1c(C)[nH]c(C(=O)[C@H](C)Nc2ccc(OC)c(OC)c2)c1C. The number of ketones is 1. The molecule has 0 saturated heterocycles. The smallest absolute Gasteiger partial charge is 0.340 e. The highest BCUT2D eigenvalue weighted by molar-refractivity contribution is 6.04. The molecule has 0 aliphatic carbocycles. The zero-order chi connectivity index (χ0) is 20.1. The number of Topliss-reactive ketones (excluding diaryl/α,β-unsaturated/α-hetero) is 1. The van der Waals surface area contributed by atoms with Crippen LogP contribution in [0.15, 0.2) is 18.2 Å². The van der Waals surface area contributed by atoms with Gasteiger partial charge in [0.05, 0.1) is 38.1 Å². The zero-order valence-electron chi connectivity index (χ0n) is 16.6. The van der Waals surface area contributed by atoms with Gasteiger partial charge in [0.1, 0.15) is 0 Å². The molecule has 0 unspecified atom stereocenters. The molecule has 0 fully saturated rings. The average molecular weight is 374 g/mol. The summed E-state index contributed by atoms with van der Waals surface area (Å²) in [5.74, 6) is 0.597. The van der Waals surface area contributed by atoms with E-state index in [4.69, 9.17) is 14.2 Å². The third-order valence-corrected chi connectivity index (χ3v) is 4.32. The van der Waals surface area contributed by atoms with Crippen LogP contribution in [0.3, 0.4) is 0 Å². The Kier molecular flexibility index (Phi) is 6.50. The van der Waals surface area contributed by atoms with Gasteiger partial charge in [-0.05, 0) is 45.4 Å². The number of H-pyrrole nitrogens is 1. The summed E-state index contributed by atoms with van der Waals surface area (Å²) in [6.45, 7) is 7.28. The quantitative estimate of drug-likeness (QED) is 0.543. The summed E-state index contributed by atoms with van der Waals surface area (Å²) < 4.78 is 15.6. The van der Waals surface area contributed by atoms with E-state index in [1.54, 1.807) is 54.0 Å². The first-order chi connectivity index (χ1) is 12.8. The minimum absolute atomic E-state index is 0.152. The molecule has 1 heterocycles. The van der Waals surface area contributed by atoms with Crippen molar-refractivity contribution in [2.24, 2.45) is 0 Å². The lowest BCUT2D eigenvalue weighted by atomic mass is 10.0. The van der Waals surface area contributed by atoms with E-state index in [1.807, 2.05) is 6.07 Å². The van der Waals surface area contributed by atoms with Crippen LogP contribution in [0.4, 0.5) is 5.69 Å². The second kappa shape index (κ2) is 8.62. The number of aromatic amines is 1. The first-order valence-corrected chi connectivity index (χ1v) is 8.73. The second-order valence-electron chi connectivity index (χ2n) is 6.15. The van der Waals surface area contributed by atoms with Gasteiger partial charge in [0, 0.05) is 17.4 Å². The number of methoxy groups -OCH3 is 2. The molecular formula is C20H26N2O5. The van der Waals surface area contributed by atoms with Gasteiger partial charge >= 0.3 is 5.97 Å². The fraction of sp³-hybridized carbons (Fsp3) is 0.400. The molecule has 1 aromatic carbocycles. The number of rotatable bonds is 8. The molecule has 1 aromatic heterocycles. The van der Waals surface area contributed by atoms with E-state index in [0.29, 0.717) is 34.0 Å². The molecule has 0 radical (unpaired) electrons. The Morgan fingerprint density at radius 1 is 1.15 bits per heavy atom. The van der Waals surface area contributed by atoms with Crippen molar-refractivity contribution in [2.45, 2.75) is 33.7 Å². The highest BCUT2D eigenvalue weighted by Gasteiger charge is 2.25. The molecule has 146 valence electrons. The van der Waals surface area contributed by atoms with Crippen molar-refractivity contribution in [2.75, 3.05) is 26.1 Å². The van der Waals surface area contributed by atoms with Gasteiger partial charge in [-0.2, -0.15) is 0 Å². The van der Waals surface area contributed by atoms with E-state index in [-0.39, 0.29) is 12.4 Å². The Hall–Kier alpha value is -2.96. The summed E-state index contributed by atoms with van der Waals surface area (Å²) in [7, 11) is 3.12. The standard InChI is InChI=1S/C20H26N2O5/c1-7-27-20(24)17-11(2)18(22-12(17)3)19(23)13(4)21-14-8-9-15(25-5)16(10-14)26-6/h8-10,13,21-22H,7H2,1-6H3/t13-/m0/s1. The Morgan fingerprint density at radius 3 is 2.41 bits per heavy atom. The van der Waals surface area contributed by atoms with Crippen molar-refractivity contribution in [3.05, 3.63) is 40.7 Å². The summed E-state index contributed by atoms with van der Waals surface area (Å²) in [6.07, 6.45) is 0. The summed E-state index contributed by atoms with van der Waals surface area (Å²) in [4.78, 5) is 28.0. The molecule has 0 bridgehead atoms. The largest absolute Gasteiger partial charge is 0.493 e. The fourth-order valence-electron chi connectivity index (χ4n) is 2.96. The molecule has 2 aromatic rings. The van der Waals surface area contributed by atoms with Crippen LogP contribution in [0.25, 0.3) is 0 Å². The first-order valence-electron chi connectivity index (χ1n) is 8.73. The Bertz CT molecular complexity index is 841. The predicted octanol–water partition coefficient (Wildman–Crippen LogP) is 3.51. The van der Waals surface area contributed by atoms with Gasteiger partial charge in [0.25, 0.3) is 0 Å². The highest BCUT2D eigenvalue weighted by atomic mass is 16.5. The normalized spacial score (nSPS) is 11.6. The van der Waals surface area contributed by atoms with E-state index in [1.165, 1.54) is 0 Å². The van der Waals surface area contributed by atoms with Crippen LogP contribution in [0.2, 0.25) is 0 Å². The molecule has 7 nitrogen and oxygen atoms in total. The molecule has 2 rings (SSSR count). The molecule has 2 N–H and O–H groups in total. The van der Waals surface area contributed by atoms with Crippen molar-refractivity contribution in [3.63, 3.8) is 0 Å². The zero-order valence-corrected chi connectivity index (χ0v) is 16.6. The molecule has 0 amide bonds. The van der Waals surface area contributed by atoms with E-state index in [9.17, 15) is 9.59 Å². The number of esters is 1. The number of aromatic nitrogens is 1. The molecule has 0 spiro atoms. The van der Waals surface area contributed by atoms with Gasteiger partial charge in [0.15, 0.2) is 11.5 Å². The van der Waals surface area contributed by atoms with Crippen LogP contribution in [0.1, 0.15) is 46.0 Å². The van der Waals surface area contributed by atoms with Crippen molar-refractivity contribution < 1.29 is 23.8 Å². The lowest BCUT2D eigenvalue weighted by Crippen LogP contribution is -2.27. The van der Waals surface area contributed by atoms with Crippen LogP contribution >= 0.6 is 0 Å². The highest BCUT2D eigenvalue weighted by Crippen LogP contribution is 2.30. The molecule has 27 heavy (non-hydrogen) atoms. The van der Waals surface area contributed by atoms with E-state index in [0.717, 1.165) is 5.69 Å². The number of nitrogens with one attached hydrogen (secondary N) is 2. The topological polar surface area (TPSA) is 89.7 Å². The molecule has 0 aliphatic rings. The van der Waals surface area contributed by atoms with Crippen LogP contribution < -0.4 is 14.8 Å². The number of hydrogen-bond acceptors (Lipinski definition) is 6. The van der Waals surface area contributed by atoms with Gasteiger partial charge in [-0.3, -0.25) is 4.79 Å². The number of benzene rings is 1. The monoisotopic (exact) mass is 374 g/mol. The number of aryl methyl sites for hydroxylation is 1. The molecule has 1 atom stereocenters. The van der Waals surface area contributed by atoms with Gasteiger partial charge in [0.2, 0.25) is 5.78 Å². The molecule has 7 heteroatoms. The van der Waals surface area contributed by atoms with Crippen LogP contribution in [-0.4, -0.2) is 43.6 Å². The number of hydrogen-bond donors (Lipinski definition) is 2. The minimum atomic E-state index is -0.519. The third kappa shape index (κ3) is 4.24. The van der Waals surface area contributed by atoms with Crippen molar-refractivity contribution in [1.29, 1.82) is 0 Å². The van der Waals surface area contributed by atoms with E-state index >= 15 is 0 Å². The van der Waals surface area contributed by atoms with Gasteiger partial charge in [-0.15, -0.1) is 0 Å². The van der Waals surface area contributed by atoms with Gasteiger partial charge < -0.3 is 24.5 Å². The number of ether oxygens (including phenoxy) is 3. The minimum Gasteiger partial charge on any atom is -0.493 e. The number of carbonyl (C=O) groups excluding carboxylic acids is 2. The van der Waals surface area contributed by atoms with Crippen LogP contribution in [0, 0.1) is 13.8 Å². The maximum Gasteiger partial charge on any atom is 0.340 e.